The number of rotatable bonds is 4. The molecule has 2 aliphatic heterocycles. The minimum absolute atomic E-state index is 0.721. The third-order valence-electron chi connectivity index (χ3n) is 3.95. The van der Waals surface area contributed by atoms with E-state index in [-0.39, 0.29) is 0 Å². The molecule has 0 aromatic heterocycles. The van der Waals surface area contributed by atoms with Gasteiger partial charge in [-0.3, -0.25) is 0 Å². The predicted molar refractivity (Wildman–Crippen MR) is 69.2 cm³/mol. The predicted octanol–water partition coefficient (Wildman–Crippen LogP) is -5.30. The first-order valence-electron chi connectivity index (χ1n) is 7.07. The molecule has 140 valence electrons. The van der Waals surface area contributed by atoms with Crippen LogP contribution in [-0.4, -0.2) is 115 Å². The van der Waals surface area contributed by atoms with E-state index < -0.39 is 74.0 Å². The fourth-order valence-corrected chi connectivity index (χ4v) is 2.54. The third-order valence-corrected chi connectivity index (χ3v) is 3.95. The number of hydrogen-bond donors (Lipinski definition) is 8. The molecule has 12 heteroatoms. The van der Waals surface area contributed by atoms with Gasteiger partial charge >= 0.3 is 5.97 Å². The van der Waals surface area contributed by atoms with Crippen molar-refractivity contribution < 1.29 is 59.9 Å². The Kier molecular flexibility index (Phi) is 6.09. The van der Waals surface area contributed by atoms with E-state index >= 15 is 0 Å². The molecule has 2 aliphatic rings. The van der Waals surface area contributed by atoms with E-state index in [0.29, 0.717) is 0 Å². The number of carboxylic acid groups (broad SMARTS) is 1. The van der Waals surface area contributed by atoms with Crippen LogP contribution in [0.15, 0.2) is 0 Å². The van der Waals surface area contributed by atoms with Gasteiger partial charge in [0.05, 0.1) is 6.61 Å². The number of aliphatic hydroxyl groups is 7. The molecule has 24 heavy (non-hydrogen) atoms. The lowest BCUT2D eigenvalue weighted by atomic mass is 9.97. The molecule has 10 atom stereocenters. The van der Waals surface area contributed by atoms with Gasteiger partial charge in [-0.2, -0.15) is 0 Å². The molecule has 2 saturated heterocycles. The summed E-state index contributed by atoms with van der Waals surface area (Å²) in [5.74, 6) is -1.62. The number of aliphatic hydroxyl groups excluding tert-OH is 7. The van der Waals surface area contributed by atoms with Gasteiger partial charge < -0.3 is 55.1 Å². The van der Waals surface area contributed by atoms with Crippen molar-refractivity contribution in [1.29, 1.82) is 0 Å². The second-order valence-corrected chi connectivity index (χ2v) is 5.56. The van der Waals surface area contributed by atoms with Gasteiger partial charge in [0.15, 0.2) is 18.7 Å². The van der Waals surface area contributed by atoms with Crippen molar-refractivity contribution >= 4 is 5.97 Å². The maximum absolute atomic E-state index is 10.9. The highest BCUT2D eigenvalue weighted by atomic mass is 16.7. The summed E-state index contributed by atoms with van der Waals surface area (Å²) in [5.41, 5.74) is 0. The molecule has 0 aliphatic carbocycles. The summed E-state index contributed by atoms with van der Waals surface area (Å²) in [6.07, 6.45) is -17.7. The Bertz CT molecular complexity index is 444. The van der Waals surface area contributed by atoms with Crippen LogP contribution in [-0.2, 0) is 19.0 Å². The molecule has 0 radical (unpaired) electrons. The average molecular weight is 356 g/mol. The molecule has 0 amide bonds. The van der Waals surface area contributed by atoms with Crippen LogP contribution in [0.3, 0.4) is 0 Å². The summed E-state index contributed by atoms with van der Waals surface area (Å²) >= 11 is 0. The Morgan fingerprint density at radius 2 is 1.50 bits per heavy atom. The molecule has 0 unspecified atom stereocenters. The van der Waals surface area contributed by atoms with Crippen LogP contribution in [0.25, 0.3) is 0 Å². The van der Waals surface area contributed by atoms with Gasteiger partial charge in [-0.1, -0.05) is 0 Å². The van der Waals surface area contributed by atoms with Gasteiger partial charge in [0.2, 0.25) is 0 Å². The number of hydrogen-bond acceptors (Lipinski definition) is 11. The molecule has 0 aromatic carbocycles. The highest BCUT2D eigenvalue weighted by molar-refractivity contribution is 5.73. The summed E-state index contributed by atoms with van der Waals surface area (Å²) in [6.45, 7) is -0.721. The quantitative estimate of drug-likeness (QED) is 0.238. The van der Waals surface area contributed by atoms with Crippen LogP contribution in [0.4, 0.5) is 0 Å². The summed E-state index contributed by atoms with van der Waals surface area (Å²) in [6, 6.07) is 0. The Balaban J connectivity index is 2.10. The van der Waals surface area contributed by atoms with Crippen molar-refractivity contribution in [2.24, 2.45) is 0 Å². The van der Waals surface area contributed by atoms with Gasteiger partial charge in [0, 0.05) is 0 Å². The van der Waals surface area contributed by atoms with E-state index in [9.17, 15) is 35.4 Å². The number of aliphatic carboxylic acids is 1. The standard InChI is InChI=1S/C12H20O12/c13-1-2-3(14)4(15)7(18)12(22-2)24-9-6(17)5(16)8(10(19)20)23-11(9)21/h2-9,11-18,21H,1H2,(H,19,20)/t2-,3+,4+,5+,6+,7-,8+,9-,11-,12+/m1/s1. The fourth-order valence-electron chi connectivity index (χ4n) is 2.54. The van der Waals surface area contributed by atoms with E-state index in [1.165, 1.54) is 0 Å². The average Bonchev–Trinajstić information content (AvgIpc) is 2.54. The van der Waals surface area contributed by atoms with Crippen molar-refractivity contribution in [3.8, 4) is 0 Å². The van der Waals surface area contributed by atoms with Crippen molar-refractivity contribution in [3.63, 3.8) is 0 Å². The molecule has 2 heterocycles. The van der Waals surface area contributed by atoms with Crippen LogP contribution in [0.1, 0.15) is 0 Å². The number of carboxylic acids is 1. The minimum atomic E-state index is -1.99. The zero-order chi connectivity index (χ0) is 18.2. The van der Waals surface area contributed by atoms with Crippen LogP contribution >= 0.6 is 0 Å². The van der Waals surface area contributed by atoms with Crippen LogP contribution in [0, 0.1) is 0 Å². The smallest absolute Gasteiger partial charge is 0.335 e. The van der Waals surface area contributed by atoms with Crippen molar-refractivity contribution in [2.45, 2.75) is 61.4 Å². The van der Waals surface area contributed by atoms with Gasteiger partial charge in [-0.15, -0.1) is 0 Å². The molecule has 12 nitrogen and oxygen atoms in total. The van der Waals surface area contributed by atoms with Crippen molar-refractivity contribution in [2.75, 3.05) is 6.61 Å². The highest BCUT2D eigenvalue weighted by Gasteiger charge is 2.51. The lowest BCUT2D eigenvalue weighted by Crippen LogP contribution is -2.64. The van der Waals surface area contributed by atoms with Gasteiger partial charge in [0.25, 0.3) is 0 Å². The van der Waals surface area contributed by atoms with Gasteiger partial charge in [-0.25, -0.2) is 4.79 Å². The molecule has 2 rings (SSSR count). The van der Waals surface area contributed by atoms with E-state index in [4.69, 9.17) is 19.7 Å². The number of carbonyl (C=O) groups is 1. The molecular formula is C12H20O12. The number of ether oxygens (including phenoxy) is 3. The molecule has 8 N–H and O–H groups in total. The van der Waals surface area contributed by atoms with Crippen molar-refractivity contribution in [1.82, 2.24) is 0 Å². The van der Waals surface area contributed by atoms with E-state index in [0.717, 1.165) is 0 Å². The maximum Gasteiger partial charge on any atom is 0.335 e. The zero-order valence-corrected chi connectivity index (χ0v) is 12.2. The monoisotopic (exact) mass is 356 g/mol. The molecule has 2 fully saturated rings. The highest BCUT2D eigenvalue weighted by Crippen LogP contribution is 2.28. The second-order valence-electron chi connectivity index (χ2n) is 5.56. The first-order valence-corrected chi connectivity index (χ1v) is 7.07. The first kappa shape index (κ1) is 19.4. The summed E-state index contributed by atoms with van der Waals surface area (Å²) in [7, 11) is 0. The van der Waals surface area contributed by atoms with Crippen LogP contribution < -0.4 is 0 Å². The summed E-state index contributed by atoms with van der Waals surface area (Å²) < 4.78 is 14.8. The Labute approximate surface area is 135 Å². The maximum atomic E-state index is 10.9. The lowest BCUT2D eigenvalue weighted by Gasteiger charge is -2.44. The third kappa shape index (κ3) is 3.52. The molecule has 0 spiro atoms. The van der Waals surface area contributed by atoms with E-state index in [1.54, 1.807) is 0 Å². The Morgan fingerprint density at radius 1 is 0.875 bits per heavy atom. The van der Waals surface area contributed by atoms with Crippen LogP contribution in [0.2, 0.25) is 0 Å². The Morgan fingerprint density at radius 3 is 2.04 bits per heavy atom. The SMILES string of the molecule is O=C(O)[C@H]1O[C@@H](O)[C@H](O[C@@H]2O[C@H](CO)[C@H](O)[C@H](O)[C@H]2O)[C@@H](O)[C@@H]1O. The topological polar surface area (TPSA) is 207 Å². The largest absolute Gasteiger partial charge is 0.479 e. The van der Waals surface area contributed by atoms with Gasteiger partial charge in [0.1, 0.15) is 42.7 Å². The first-order chi connectivity index (χ1) is 11.2. The second kappa shape index (κ2) is 7.53. The Hall–Kier alpha value is -0.930. The zero-order valence-electron chi connectivity index (χ0n) is 12.2. The van der Waals surface area contributed by atoms with Crippen LogP contribution in [0.5, 0.6) is 0 Å². The summed E-state index contributed by atoms with van der Waals surface area (Å²) in [5, 5.41) is 76.4. The lowest BCUT2D eigenvalue weighted by molar-refractivity contribution is -0.358. The van der Waals surface area contributed by atoms with E-state index in [1.807, 2.05) is 0 Å². The fraction of sp³-hybridized carbons (Fsp3) is 0.917. The van der Waals surface area contributed by atoms with E-state index in [2.05, 4.69) is 4.74 Å². The molecule has 0 aromatic rings. The van der Waals surface area contributed by atoms with Gasteiger partial charge in [-0.05, 0) is 0 Å². The molecule has 0 bridgehead atoms. The normalized spacial score (nSPS) is 49.8. The summed E-state index contributed by atoms with van der Waals surface area (Å²) in [4.78, 5) is 10.9. The molecular weight excluding hydrogens is 336 g/mol. The minimum Gasteiger partial charge on any atom is -0.479 e. The van der Waals surface area contributed by atoms with Crippen molar-refractivity contribution in [3.05, 3.63) is 0 Å². The molecule has 0 saturated carbocycles.